The zero-order chi connectivity index (χ0) is 13.8. The van der Waals surface area contributed by atoms with Crippen LogP contribution in [0, 0.1) is 3.57 Å². The van der Waals surface area contributed by atoms with Crippen LogP contribution in [0.4, 0.5) is 5.82 Å². The molecular weight excluding hydrogens is 375 g/mol. The maximum absolute atomic E-state index is 6.16. The van der Waals surface area contributed by atoms with Crippen molar-refractivity contribution in [2.75, 3.05) is 11.9 Å². The van der Waals surface area contributed by atoms with E-state index in [2.05, 4.69) is 49.8 Å². The van der Waals surface area contributed by atoms with Crippen LogP contribution in [0.5, 0.6) is 0 Å². The van der Waals surface area contributed by atoms with Crippen LogP contribution in [-0.4, -0.2) is 21.5 Å². The lowest BCUT2D eigenvalue weighted by Crippen LogP contribution is -2.08. The Morgan fingerprint density at radius 3 is 2.74 bits per heavy atom. The van der Waals surface area contributed by atoms with Gasteiger partial charge in [0.25, 0.3) is 0 Å². The van der Waals surface area contributed by atoms with Gasteiger partial charge in [-0.05, 0) is 48.1 Å². The fourth-order valence-corrected chi connectivity index (χ4v) is 2.69. The maximum Gasteiger partial charge on any atom is 0.182 e. The second-order valence-corrected chi connectivity index (χ2v) is 5.36. The molecule has 6 heteroatoms. The Bertz CT molecular complexity index is 589. The van der Waals surface area contributed by atoms with Gasteiger partial charge in [-0.1, -0.05) is 18.5 Å². The Labute approximate surface area is 131 Å². The molecule has 0 saturated carbocycles. The first-order chi connectivity index (χ1) is 9.17. The van der Waals surface area contributed by atoms with Crippen molar-refractivity contribution < 1.29 is 0 Å². The number of aromatic nitrogens is 3. The van der Waals surface area contributed by atoms with Crippen molar-refractivity contribution in [1.82, 2.24) is 15.0 Å². The Morgan fingerprint density at radius 1 is 1.32 bits per heavy atom. The van der Waals surface area contributed by atoms with E-state index in [0.29, 0.717) is 16.5 Å². The number of rotatable bonds is 4. The second kappa shape index (κ2) is 6.47. The molecule has 0 aliphatic carbocycles. The Hall–Kier alpha value is -0.950. The molecule has 0 unspecified atom stereocenters. The van der Waals surface area contributed by atoms with Crippen LogP contribution >= 0.6 is 34.2 Å². The molecule has 2 heterocycles. The Balaban J connectivity index is 2.58. The monoisotopic (exact) mass is 388 g/mol. The molecule has 0 aromatic carbocycles. The van der Waals surface area contributed by atoms with Crippen LogP contribution in [0.2, 0.25) is 5.02 Å². The van der Waals surface area contributed by atoms with E-state index >= 15 is 0 Å². The van der Waals surface area contributed by atoms with Gasteiger partial charge in [0.05, 0.1) is 14.3 Å². The highest BCUT2D eigenvalue weighted by atomic mass is 127. The topological polar surface area (TPSA) is 50.7 Å². The largest absolute Gasteiger partial charge is 0.369 e. The molecule has 0 saturated heterocycles. The maximum atomic E-state index is 6.16. The van der Waals surface area contributed by atoms with Gasteiger partial charge in [0.15, 0.2) is 5.82 Å². The van der Waals surface area contributed by atoms with Gasteiger partial charge in [0.1, 0.15) is 11.5 Å². The van der Waals surface area contributed by atoms with Crippen molar-refractivity contribution >= 4 is 40.0 Å². The third-order valence-corrected chi connectivity index (χ3v) is 4.01. The first kappa shape index (κ1) is 14.5. The number of hydrogen-bond donors (Lipinski definition) is 1. The van der Waals surface area contributed by atoms with E-state index in [1.54, 1.807) is 18.3 Å². The van der Waals surface area contributed by atoms with Crippen molar-refractivity contribution in [1.29, 1.82) is 0 Å². The predicted octanol–water partition coefficient (Wildman–Crippen LogP) is 3.79. The lowest BCUT2D eigenvalue weighted by atomic mass is 10.2. The standard InChI is InChI=1S/C13H14ClIN4/c1-3-9-10(15)12(16-4-2)19-13(18-9)11-8(14)6-5-7-17-11/h5-7H,3-4H2,1-2H3,(H,16,18,19). The van der Waals surface area contributed by atoms with Crippen LogP contribution in [0.1, 0.15) is 19.5 Å². The van der Waals surface area contributed by atoms with Crippen LogP contribution in [-0.2, 0) is 6.42 Å². The second-order valence-electron chi connectivity index (χ2n) is 3.87. The molecule has 0 radical (unpaired) electrons. The minimum atomic E-state index is 0.563. The van der Waals surface area contributed by atoms with Crippen molar-refractivity contribution in [3.05, 3.63) is 32.6 Å². The quantitative estimate of drug-likeness (QED) is 0.810. The lowest BCUT2D eigenvalue weighted by Gasteiger charge is -2.11. The third-order valence-electron chi connectivity index (χ3n) is 2.57. The minimum Gasteiger partial charge on any atom is -0.369 e. The van der Waals surface area contributed by atoms with E-state index in [0.717, 1.165) is 28.0 Å². The summed E-state index contributed by atoms with van der Waals surface area (Å²) in [5.74, 6) is 1.41. The molecule has 0 spiro atoms. The molecule has 0 amide bonds. The fraction of sp³-hybridized carbons (Fsp3) is 0.308. The van der Waals surface area contributed by atoms with E-state index in [9.17, 15) is 0 Å². The van der Waals surface area contributed by atoms with Gasteiger partial charge in [0.2, 0.25) is 0 Å². The summed E-state index contributed by atoms with van der Waals surface area (Å²) in [5, 5.41) is 3.81. The predicted molar refractivity (Wildman–Crippen MR) is 86.5 cm³/mol. The van der Waals surface area contributed by atoms with Crippen molar-refractivity contribution in [3.8, 4) is 11.5 Å². The highest BCUT2D eigenvalue weighted by Gasteiger charge is 2.14. The van der Waals surface area contributed by atoms with E-state index in [4.69, 9.17) is 11.6 Å². The zero-order valence-electron chi connectivity index (χ0n) is 10.7. The number of nitrogens with zero attached hydrogens (tertiary/aromatic N) is 3. The highest BCUT2D eigenvalue weighted by Crippen LogP contribution is 2.27. The average molecular weight is 389 g/mol. The molecule has 0 aliphatic heterocycles. The molecule has 2 rings (SSSR count). The normalized spacial score (nSPS) is 10.5. The van der Waals surface area contributed by atoms with Gasteiger partial charge in [-0.3, -0.25) is 4.98 Å². The van der Waals surface area contributed by atoms with Crippen LogP contribution in [0.15, 0.2) is 18.3 Å². The molecular formula is C13H14ClIN4. The third kappa shape index (κ3) is 3.14. The summed E-state index contributed by atoms with van der Waals surface area (Å²) in [6, 6.07) is 3.59. The lowest BCUT2D eigenvalue weighted by molar-refractivity contribution is 0.976. The van der Waals surface area contributed by atoms with Gasteiger partial charge in [-0.15, -0.1) is 0 Å². The molecule has 2 aromatic heterocycles. The van der Waals surface area contributed by atoms with Gasteiger partial charge in [-0.2, -0.15) is 0 Å². The summed E-state index contributed by atoms with van der Waals surface area (Å²) < 4.78 is 1.05. The first-order valence-corrected chi connectivity index (χ1v) is 7.54. The molecule has 19 heavy (non-hydrogen) atoms. The average Bonchev–Trinajstić information content (AvgIpc) is 2.42. The van der Waals surface area contributed by atoms with Gasteiger partial charge in [-0.25, -0.2) is 9.97 Å². The van der Waals surface area contributed by atoms with E-state index < -0.39 is 0 Å². The summed E-state index contributed by atoms with van der Waals surface area (Å²) in [5.41, 5.74) is 1.62. The molecule has 0 aliphatic rings. The first-order valence-electron chi connectivity index (χ1n) is 6.08. The Kier molecular flexibility index (Phi) is 4.93. The molecule has 1 N–H and O–H groups in total. The SMILES string of the molecule is CCNc1nc(-c2ncccc2Cl)nc(CC)c1I. The summed E-state index contributed by atoms with van der Waals surface area (Å²) in [6.07, 6.45) is 2.54. The molecule has 0 fully saturated rings. The van der Waals surface area contributed by atoms with Crippen molar-refractivity contribution in [2.45, 2.75) is 20.3 Å². The molecule has 100 valence electrons. The van der Waals surface area contributed by atoms with Crippen molar-refractivity contribution in [2.24, 2.45) is 0 Å². The number of pyridine rings is 1. The number of aryl methyl sites for hydroxylation is 1. The molecule has 2 aromatic rings. The van der Waals surface area contributed by atoms with E-state index in [1.165, 1.54) is 0 Å². The highest BCUT2D eigenvalue weighted by molar-refractivity contribution is 14.1. The molecule has 0 atom stereocenters. The Morgan fingerprint density at radius 2 is 2.11 bits per heavy atom. The summed E-state index contributed by atoms with van der Waals surface area (Å²) in [4.78, 5) is 13.4. The van der Waals surface area contributed by atoms with Gasteiger partial charge in [0, 0.05) is 12.7 Å². The van der Waals surface area contributed by atoms with Gasteiger partial charge < -0.3 is 5.32 Å². The molecule has 0 bridgehead atoms. The number of nitrogens with one attached hydrogen (secondary N) is 1. The van der Waals surface area contributed by atoms with Crippen LogP contribution in [0.25, 0.3) is 11.5 Å². The number of anilines is 1. The number of halogens is 2. The van der Waals surface area contributed by atoms with Gasteiger partial charge >= 0.3 is 0 Å². The fourth-order valence-electron chi connectivity index (χ4n) is 1.67. The van der Waals surface area contributed by atoms with Crippen molar-refractivity contribution in [3.63, 3.8) is 0 Å². The summed E-state index contributed by atoms with van der Waals surface area (Å²) in [7, 11) is 0. The minimum absolute atomic E-state index is 0.563. The summed E-state index contributed by atoms with van der Waals surface area (Å²) in [6.45, 7) is 4.92. The zero-order valence-corrected chi connectivity index (χ0v) is 13.7. The number of hydrogen-bond acceptors (Lipinski definition) is 4. The summed E-state index contributed by atoms with van der Waals surface area (Å²) >= 11 is 8.43. The smallest absolute Gasteiger partial charge is 0.182 e. The molecule has 4 nitrogen and oxygen atoms in total. The van der Waals surface area contributed by atoms with E-state index in [-0.39, 0.29) is 0 Å². The van der Waals surface area contributed by atoms with Crippen LogP contribution in [0.3, 0.4) is 0 Å². The van der Waals surface area contributed by atoms with Crippen LogP contribution < -0.4 is 5.32 Å². The van der Waals surface area contributed by atoms with E-state index in [1.807, 2.05) is 6.92 Å².